The quantitative estimate of drug-likeness (QED) is 0.378. The summed E-state index contributed by atoms with van der Waals surface area (Å²) in [5, 5.41) is 9.11. The number of likely N-dealkylation sites (tertiary alicyclic amines) is 1. The van der Waals surface area contributed by atoms with Crippen molar-refractivity contribution in [1.82, 2.24) is 10.1 Å². The van der Waals surface area contributed by atoms with Crippen LogP contribution in [0.15, 0.2) is 34.9 Å². The van der Waals surface area contributed by atoms with Gasteiger partial charge in [0.2, 0.25) is 0 Å². The van der Waals surface area contributed by atoms with Gasteiger partial charge in [0.15, 0.2) is 11.5 Å². The molecule has 1 N–H and O–H groups in total. The molecule has 2 aliphatic heterocycles. The van der Waals surface area contributed by atoms with Crippen LogP contribution in [0.1, 0.15) is 56.5 Å². The third-order valence-electron chi connectivity index (χ3n) is 8.28. The topological polar surface area (TPSA) is 61.6 Å². The van der Waals surface area contributed by atoms with E-state index in [1.165, 1.54) is 12.8 Å². The highest BCUT2D eigenvalue weighted by molar-refractivity contribution is 6.28. The minimum atomic E-state index is 0.0564. The third-order valence-corrected chi connectivity index (χ3v) is 8.28. The Hall–Kier alpha value is -2.86. The van der Waals surface area contributed by atoms with Gasteiger partial charge < -0.3 is 19.6 Å². The fourth-order valence-electron chi connectivity index (χ4n) is 7.11. The number of nitrogens with one attached hydrogen (secondary N) is 1. The van der Waals surface area contributed by atoms with E-state index in [0.29, 0.717) is 23.0 Å². The number of benzene rings is 2. The van der Waals surface area contributed by atoms with Crippen molar-refractivity contribution in [3.8, 4) is 11.3 Å². The van der Waals surface area contributed by atoms with Crippen molar-refractivity contribution in [3.63, 3.8) is 0 Å². The number of ketones is 1. The van der Waals surface area contributed by atoms with Gasteiger partial charge in [0, 0.05) is 56.1 Å². The molecule has 0 saturated carbocycles. The molecular formula is C30H38N4O2. The Morgan fingerprint density at radius 2 is 1.58 bits per heavy atom. The van der Waals surface area contributed by atoms with Crippen LogP contribution >= 0.6 is 0 Å². The molecule has 190 valence electrons. The molecule has 36 heavy (non-hydrogen) atoms. The Bertz CT molecular complexity index is 1280. The number of fused-ring (bicyclic) bond motifs is 2. The van der Waals surface area contributed by atoms with E-state index < -0.39 is 0 Å². The van der Waals surface area contributed by atoms with E-state index in [4.69, 9.17) is 4.52 Å². The summed E-state index contributed by atoms with van der Waals surface area (Å²) in [6, 6.07) is 9.92. The van der Waals surface area contributed by atoms with Gasteiger partial charge in [-0.3, -0.25) is 4.79 Å². The first-order valence-corrected chi connectivity index (χ1v) is 13.7. The zero-order chi connectivity index (χ0) is 25.0. The van der Waals surface area contributed by atoms with E-state index in [1.54, 1.807) is 0 Å². The summed E-state index contributed by atoms with van der Waals surface area (Å²) >= 11 is 0. The molecule has 1 aliphatic carbocycles. The average molecular weight is 487 g/mol. The number of rotatable bonds is 5. The van der Waals surface area contributed by atoms with Crippen LogP contribution in [0.3, 0.4) is 0 Å². The van der Waals surface area contributed by atoms with E-state index in [0.717, 1.165) is 84.7 Å². The molecule has 6 rings (SSSR count). The predicted molar refractivity (Wildman–Crippen MR) is 146 cm³/mol. The normalized spacial score (nSPS) is 26.3. The second kappa shape index (κ2) is 9.22. The highest BCUT2D eigenvalue weighted by Gasteiger charge is 2.34. The van der Waals surface area contributed by atoms with Crippen LogP contribution in [-0.2, 0) is 0 Å². The summed E-state index contributed by atoms with van der Waals surface area (Å²) in [7, 11) is 0. The van der Waals surface area contributed by atoms with Crippen molar-refractivity contribution >= 4 is 28.1 Å². The number of hydrogen-bond acceptors (Lipinski definition) is 6. The molecule has 3 aliphatic rings. The maximum absolute atomic E-state index is 13.8. The van der Waals surface area contributed by atoms with Crippen LogP contribution in [0.4, 0.5) is 11.4 Å². The zero-order valence-corrected chi connectivity index (χ0v) is 22.0. The largest absolute Gasteiger partial charge is 0.383 e. The fourth-order valence-corrected chi connectivity index (χ4v) is 7.11. The van der Waals surface area contributed by atoms with Crippen LogP contribution in [-0.4, -0.2) is 55.1 Å². The van der Waals surface area contributed by atoms with E-state index in [-0.39, 0.29) is 5.78 Å². The SMILES string of the molecule is C[C@@H]1C[C@@H](C)CN(CCNc2cc(N3C[C@H](C)C[C@H](C)C3)c3noc4c3c2C(=O)c2ccccc2-4)C1. The molecule has 6 heteroatoms. The number of piperidine rings is 2. The summed E-state index contributed by atoms with van der Waals surface area (Å²) in [5.41, 5.74) is 5.05. The molecule has 2 fully saturated rings. The molecule has 6 nitrogen and oxygen atoms in total. The molecule has 1 aromatic heterocycles. The molecule has 2 aromatic carbocycles. The maximum Gasteiger partial charge on any atom is 0.196 e. The van der Waals surface area contributed by atoms with Gasteiger partial charge in [-0.2, -0.15) is 0 Å². The molecule has 3 aromatic rings. The number of nitrogens with zero attached hydrogens (tertiary/aromatic N) is 3. The van der Waals surface area contributed by atoms with E-state index >= 15 is 0 Å². The van der Waals surface area contributed by atoms with Gasteiger partial charge in [0.25, 0.3) is 0 Å². The lowest BCUT2D eigenvalue weighted by Gasteiger charge is -2.37. The van der Waals surface area contributed by atoms with Gasteiger partial charge in [-0.25, -0.2) is 0 Å². The molecule has 0 spiro atoms. The van der Waals surface area contributed by atoms with Gasteiger partial charge in [-0.15, -0.1) is 0 Å². The van der Waals surface area contributed by atoms with Gasteiger partial charge >= 0.3 is 0 Å². The lowest BCUT2D eigenvalue weighted by atomic mass is 9.85. The minimum Gasteiger partial charge on any atom is -0.383 e. The molecule has 0 unspecified atom stereocenters. The number of anilines is 2. The van der Waals surface area contributed by atoms with E-state index in [2.05, 4.69) is 54.0 Å². The van der Waals surface area contributed by atoms with Gasteiger partial charge in [0.1, 0.15) is 5.52 Å². The number of hydrogen-bond donors (Lipinski definition) is 1. The number of aromatic nitrogens is 1. The van der Waals surface area contributed by atoms with Crippen LogP contribution in [0.25, 0.3) is 22.2 Å². The first-order chi connectivity index (χ1) is 17.4. The van der Waals surface area contributed by atoms with E-state index in [1.807, 2.05) is 24.3 Å². The van der Waals surface area contributed by atoms with Gasteiger partial charge in [-0.05, 0) is 42.6 Å². The van der Waals surface area contributed by atoms with Gasteiger partial charge in [0.05, 0.1) is 16.6 Å². The highest BCUT2D eigenvalue weighted by Crippen LogP contribution is 2.46. The predicted octanol–water partition coefficient (Wildman–Crippen LogP) is 5.91. The van der Waals surface area contributed by atoms with Crippen molar-refractivity contribution < 1.29 is 9.32 Å². The summed E-state index contributed by atoms with van der Waals surface area (Å²) in [6.45, 7) is 15.4. The monoisotopic (exact) mass is 486 g/mol. The Balaban J connectivity index is 1.40. The number of carbonyl (C=O) groups excluding carboxylic acids is 1. The molecule has 0 radical (unpaired) electrons. The van der Waals surface area contributed by atoms with Crippen molar-refractivity contribution in [2.24, 2.45) is 23.7 Å². The standard InChI is InChI=1S/C30H38N4O2/c1-18-11-19(2)15-33(14-18)10-9-31-24-13-25(34-16-20(3)12-21(4)17-34)28-27-26(24)29(35)22-7-5-6-8-23(22)30(27)36-32-28/h5-8,13,18-21,31H,9-12,14-17H2,1-4H3/t18-,19-,20-,21+/m1/s1. The summed E-state index contributed by atoms with van der Waals surface area (Å²) in [4.78, 5) is 18.8. The molecule has 2 saturated heterocycles. The van der Waals surface area contributed by atoms with Crippen LogP contribution in [0.5, 0.6) is 0 Å². The fraction of sp³-hybridized carbons (Fsp3) is 0.533. The van der Waals surface area contributed by atoms with Crippen molar-refractivity contribution in [2.45, 2.75) is 40.5 Å². The van der Waals surface area contributed by atoms with Crippen molar-refractivity contribution in [2.75, 3.05) is 49.5 Å². The molecule has 0 amide bonds. The second-order valence-corrected chi connectivity index (χ2v) is 11.9. The Kier molecular flexibility index (Phi) is 6.03. The van der Waals surface area contributed by atoms with Crippen LogP contribution in [0.2, 0.25) is 0 Å². The Labute approximate surface area is 214 Å². The summed E-state index contributed by atoms with van der Waals surface area (Å²) in [6.07, 6.45) is 2.55. The Morgan fingerprint density at radius 1 is 0.944 bits per heavy atom. The molecule has 4 atom stereocenters. The smallest absolute Gasteiger partial charge is 0.196 e. The van der Waals surface area contributed by atoms with Crippen molar-refractivity contribution in [1.29, 1.82) is 0 Å². The highest BCUT2D eigenvalue weighted by atomic mass is 16.5. The third kappa shape index (κ3) is 4.09. The maximum atomic E-state index is 13.8. The lowest BCUT2D eigenvalue weighted by molar-refractivity contribution is 0.104. The first-order valence-electron chi connectivity index (χ1n) is 13.7. The lowest BCUT2D eigenvalue weighted by Crippen LogP contribution is -2.41. The molecule has 3 heterocycles. The minimum absolute atomic E-state index is 0.0564. The molecular weight excluding hydrogens is 448 g/mol. The van der Waals surface area contributed by atoms with Crippen LogP contribution < -0.4 is 10.2 Å². The summed E-state index contributed by atoms with van der Waals surface area (Å²) < 4.78 is 5.97. The van der Waals surface area contributed by atoms with Gasteiger partial charge in [-0.1, -0.05) is 57.1 Å². The average Bonchev–Trinajstić information content (AvgIpc) is 3.27. The summed E-state index contributed by atoms with van der Waals surface area (Å²) in [5.74, 6) is 3.48. The van der Waals surface area contributed by atoms with Crippen molar-refractivity contribution in [3.05, 3.63) is 41.5 Å². The van der Waals surface area contributed by atoms with Crippen LogP contribution in [0, 0.1) is 23.7 Å². The second-order valence-electron chi connectivity index (χ2n) is 11.9. The number of carbonyl (C=O) groups is 1. The Morgan fingerprint density at radius 3 is 2.28 bits per heavy atom. The molecule has 0 bridgehead atoms. The van der Waals surface area contributed by atoms with E-state index in [9.17, 15) is 4.79 Å². The zero-order valence-electron chi connectivity index (χ0n) is 22.0. The first kappa shape index (κ1) is 23.5.